The van der Waals surface area contributed by atoms with Crippen molar-refractivity contribution in [2.75, 3.05) is 45.1 Å². The molecular weight excluding hydrogens is 336 g/mol. The van der Waals surface area contributed by atoms with Crippen molar-refractivity contribution in [3.63, 3.8) is 0 Å². The lowest BCUT2D eigenvalue weighted by Crippen LogP contribution is -2.16. The van der Waals surface area contributed by atoms with Gasteiger partial charge in [-0.15, -0.1) is 10.2 Å². The average Bonchev–Trinajstić information content (AvgIpc) is 2.66. The molecule has 0 fully saturated rings. The first-order valence-electron chi connectivity index (χ1n) is 8.23. The van der Waals surface area contributed by atoms with Crippen LogP contribution in [0.5, 0.6) is 11.5 Å². The van der Waals surface area contributed by atoms with Crippen LogP contribution in [0.4, 0.5) is 11.6 Å². The fourth-order valence-electron chi connectivity index (χ4n) is 2.29. The van der Waals surface area contributed by atoms with Crippen LogP contribution in [0.1, 0.15) is 12.0 Å². The second kappa shape index (κ2) is 10.2. The van der Waals surface area contributed by atoms with Gasteiger partial charge in [0.25, 0.3) is 0 Å². The maximum Gasteiger partial charge on any atom is 0.229 e. The Bertz CT molecular complexity index is 707. The fourth-order valence-corrected chi connectivity index (χ4v) is 2.29. The first-order valence-corrected chi connectivity index (χ1v) is 8.23. The van der Waals surface area contributed by atoms with E-state index in [9.17, 15) is 4.79 Å². The van der Waals surface area contributed by atoms with Crippen molar-refractivity contribution in [2.45, 2.75) is 12.8 Å². The molecule has 8 heteroatoms. The van der Waals surface area contributed by atoms with Gasteiger partial charge >= 0.3 is 0 Å². The predicted octanol–water partition coefficient (Wildman–Crippen LogP) is 2.12. The van der Waals surface area contributed by atoms with Gasteiger partial charge in [-0.05, 0) is 36.2 Å². The predicted molar refractivity (Wildman–Crippen MR) is 98.9 cm³/mol. The minimum atomic E-state index is -0.188. The lowest BCUT2D eigenvalue weighted by atomic mass is 10.1. The summed E-state index contributed by atoms with van der Waals surface area (Å²) in [6.07, 6.45) is 1.07. The maximum atomic E-state index is 12.2. The number of hydrogen-bond acceptors (Lipinski definition) is 7. The summed E-state index contributed by atoms with van der Waals surface area (Å²) in [7, 11) is 4.79. The molecule has 1 amide bonds. The molecular formula is C18H24N4O4. The largest absolute Gasteiger partial charge is 0.493 e. The number of rotatable bonds is 10. The highest BCUT2D eigenvalue weighted by Crippen LogP contribution is 2.27. The lowest BCUT2D eigenvalue weighted by molar-refractivity contribution is -0.115. The highest BCUT2D eigenvalue weighted by atomic mass is 16.5. The molecule has 8 nitrogen and oxygen atoms in total. The fraction of sp³-hybridized carbons (Fsp3) is 0.389. The first-order chi connectivity index (χ1) is 12.7. The van der Waals surface area contributed by atoms with Crippen LogP contribution in [0, 0.1) is 0 Å². The minimum Gasteiger partial charge on any atom is -0.493 e. The topological polar surface area (TPSA) is 94.6 Å². The van der Waals surface area contributed by atoms with Gasteiger partial charge in [0.15, 0.2) is 17.3 Å². The first kappa shape index (κ1) is 19.5. The molecule has 0 unspecified atom stereocenters. The molecule has 2 rings (SSSR count). The molecule has 2 aromatic rings. The maximum absolute atomic E-state index is 12.2. The summed E-state index contributed by atoms with van der Waals surface area (Å²) in [5, 5.41) is 13.9. The molecule has 0 aliphatic heterocycles. The van der Waals surface area contributed by atoms with Crippen LogP contribution in [-0.2, 0) is 16.0 Å². The molecule has 0 radical (unpaired) electrons. The third-order valence-corrected chi connectivity index (χ3v) is 3.58. The summed E-state index contributed by atoms with van der Waals surface area (Å²) in [5.74, 6) is 2.07. The monoisotopic (exact) mass is 360 g/mol. The Hall–Kier alpha value is -2.87. The molecule has 1 aromatic carbocycles. The van der Waals surface area contributed by atoms with Crippen molar-refractivity contribution in [1.82, 2.24) is 10.2 Å². The van der Waals surface area contributed by atoms with Crippen molar-refractivity contribution in [1.29, 1.82) is 0 Å². The van der Waals surface area contributed by atoms with E-state index in [0.29, 0.717) is 29.7 Å². The standard InChI is InChI=1S/C18H24N4O4/c1-24-10-4-9-19-16-7-8-17(22-21-16)20-18(23)12-13-5-6-14(25-2)15(11-13)26-3/h5-8,11H,4,9-10,12H2,1-3H3,(H,19,21)(H,20,22,23). The van der Waals surface area contributed by atoms with Crippen molar-refractivity contribution < 1.29 is 19.0 Å². The van der Waals surface area contributed by atoms with Crippen LogP contribution >= 0.6 is 0 Å². The third kappa shape index (κ3) is 5.89. The number of nitrogens with one attached hydrogen (secondary N) is 2. The SMILES string of the molecule is COCCCNc1ccc(NC(=O)Cc2ccc(OC)c(OC)c2)nn1. The highest BCUT2D eigenvalue weighted by Gasteiger charge is 2.09. The molecule has 26 heavy (non-hydrogen) atoms. The Kier molecular flexibility index (Phi) is 7.63. The van der Waals surface area contributed by atoms with Crippen molar-refractivity contribution in [3.8, 4) is 11.5 Å². The van der Waals surface area contributed by atoms with E-state index in [1.807, 2.05) is 6.07 Å². The van der Waals surface area contributed by atoms with Gasteiger partial charge < -0.3 is 24.8 Å². The van der Waals surface area contributed by atoms with Crippen LogP contribution in [0.25, 0.3) is 0 Å². The van der Waals surface area contributed by atoms with Gasteiger partial charge in [-0.1, -0.05) is 6.07 Å². The zero-order valence-corrected chi connectivity index (χ0v) is 15.2. The van der Waals surface area contributed by atoms with Gasteiger partial charge in [-0.25, -0.2) is 0 Å². The summed E-state index contributed by atoms with van der Waals surface area (Å²) in [6, 6.07) is 8.84. The second-order valence-corrected chi connectivity index (χ2v) is 5.49. The Morgan fingerprint density at radius 1 is 1.00 bits per heavy atom. The van der Waals surface area contributed by atoms with Crippen LogP contribution < -0.4 is 20.1 Å². The number of nitrogens with zero attached hydrogens (tertiary/aromatic N) is 2. The zero-order valence-electron chi connectivity index (χ0n) is 15.2. The Morgan fingerprint density at radius 3 is 2.38 bits per heavy atom. The smallest absolute Gasteiger partial charge is 0.229 e. The van der Waals surface area contributed by atoms with Crippen LogP contribution in [0.2, 0.25) is 0 Å². The molecule has 0 spiro atoms. The van der Waals surface area contributed by atoms with Crippen molar-refractivity contribution in [3.05, 3.63) is 35.9 Å². The quantitative estimate of drug-likeness (QED) is 0.627. The van der Waals surface area contributed by atoms with Crippen LogP contribution in [0.3, 0.4) is 0 Å². The van der Waals surface area contributed by atoms with Gasteiger partial charge in [-0.3, -0.25) is 4.79 Å². The van der Waals surface area contributed by atoms with E-state index in [0.717, 1.165) is 18.5 Å². The molecule has 0 atom stereocenters. The minimum absolute atomic E-state index is 0.188. The molecule has 140 valence electrons. The molecule has 1 aromatic heterocycles. The number of amides is 1. The number of benzene rings is 1. The van der Waals surface area contributed by atoms with E-state index < -0.39 is 0 Å². The van der Waals surface area contributed by atoms with Gasteiger partial charge in [0.05, 0.1) is 20.6 Å². The number of carbonyl (C=O) groups excluding carboxylic acids is 1. The van der Waals surface area contributed by atoms with Gasteiger partial charge in [0, 0.05) is 20.3 Å². The number of anilines is 2. The van der Waals surface area contributed by atoms with Gasteiger partial charge in [-0.2, -0.15) is 0 Å². The van der Waals surface area contributed by atoms with Crippen molar-refractivity contribution >= 4 is 17.5 Å². The number of ether oxygens (including phenoxy) is 3. The lowest BCUT2D eigenvalue weighted by Gasteiger charge is -2.10. The zero-order chi connectivity index (χ0) is 18.8. The van der Waals surface area contributed by atoms with E-state index in [1.165, 1.54) is 0 Å². The highest BCUT2D eigenvalue weighted by molar-refractivity contribution is 5.91. The molecule has 0 bridgehead atoms. The van der Waals surface area contributed by atoms with E-state index in [1.54, 1.807) is 45.6 Å². The summed E-state index contributed by atoms with van der Waals surface area (Å²) in [5.41, 5.74) is 0.810. The molecule has 0 saturated carbocycles. The van der Waals surface area contributed by atoms with E-state index in [4.69, 9.17) is 14.2 Å². The summed E-state index contributed by atoms with van der Waals surface area (Å²) < 4.78 is 15.4. The summed E-state index contributed by atoms with van der Waals surface area (Å²) >= 11 is 0. The summed E-state index contributed by atoms with van der Waals surface area (Å²) in [4.78, 5) is 12.2. The molecule has 0 saturated heterocycles. The number of aromatic nitrogens is 2. The van der Waals surface area contributed by atoms with Crippen molar-refractivity contribution in [2.24, 2.45) is 0 Å². The molecule has 0 aliphatic carbocycles. The number of methoxy groups -OCH3 is 3. The summed E-state index contributed by atoms with van der Waals surface area (Å²) in [6.45, 7) is 1.43. The van der Waals surface area contributed by atoms with Gasteiger partial charge in [0.2, 0.25) is 5.91 Å². The Morgan fingerprint density at radius 2 is 1.73 bits per heavy atom. The number of carbonyl (C=O) groups is 1. The Balaban J connectivity index is 1.87. The van der Waals surface area contributed by atoms with E-state index in [-0.39, 0.29) is 12.3 Å². The number of hydrogen-bond donors (Lipinski definition) is 2. The van der Waals surface area contributed by atoms with Gasteiger partial charge in [0.1, 0.15) is 5.82 Å². The second-order valence-electron chi connectivity index (χ2n) is 5.49. The Labute approximate surface area is 152 Å². The average molecular weight is 360 g/mol. The van der Waals surface area contributed by atoms with Crippen LogP contribution in [-0.4, -0.2) is 50.6 Å². The molecule has 2 N–H and O–H groups in total. The van der Waals surface area contributed by atoms with E-state index in [2.05, 4.69) is 20.8 Å². The molecule has 0 aliphatic rings. The van der Waals surface area contributed by atoms with Crippen LogP contribution in [0.15, 0.2) is 30.3 Å². The van der Waals surface area contributed by atoms with E-state index >= 15 is 0 Å². The normalized spacial score (nSPS) is 10.3. The molecule has 1 heterocycles. The third-order valence-electron chi connectivity index (χ3n) is 3.58.